The van der Waals surface area contributed by atoms with Gasteiger partial charge in [-0.1, -0.05) is 24.3 Å². The van der Waals surface area contributed by atoms with Crippen molar-refractivity contribution in [2.24, 2.45) is 11.1 Å². The fraction of sp³-hybridized carbons (Fsp3) is 0.571. The van der Waals surface area contributed by atoms with E-state index < -0.39 is 5.72 Å². The van der Waals surface area contributed by atoms with Crippen LogP contribution in [0.4, 0.5) is 0 Å². The number of hydrogen-bond donors (Lipinski definition) is 2. The fourth-order valence-corrected chi connectivity index (χ4v) is 3.44. The Hall–Kier alpha value is -0.900. The number of nitrogens with two attached hydrogens (primary N) is 1. The average molecular weight is 232 g/mol. The average Bonchev–Trinajstić information content (AvgIpc) is 2.53. The number of fused-ring (bicyclic) bond motifs is 1. The minimum absolute atomic E-state index is 0.150. The summed E-state index contributed by atoms with van der Waals surface area (Å²) < 4.78 is 0. The molecule has 1 atom stereocenters. The highest BCUT2D eigenvalue weighted by atomic mass is 16.3. The first-order chi connectivity index (χ1) is 8.05. The van der Waals surface area contributed by atoms with Gasteiger partial charge in [0.25, 0.3) is 0 Å². The van der Waals surface area contributed by atoms with Gasteiger partial charge in [-0.3, -0.25) is 5.73 Å². The van der Waals surface area contributed by atoms with Crippen molar-refractivity contribution in [2.75, 3.05) is 20.1 Å². The summed E-state index contributed by atoms with van der Waals surface area (Å²) in [4.78, 5) is 2.31. The Morgan fingerprint density at radius 1 is 1.24 bits per heavy atom. The number of aliphatic hydroxyl groups is 1. The van der Waals surface area contributed by atoms with E-state index in [0.717, 1.165) is 37.9 Å². The predicted octanol–water partition coefficient (Wildman–Crippen LogP) is 1.06. The first kappa shape index (κ1) is 11.2. The quantitative estimate of drug-likeness (QED) is 0.658. The summed E-state index contributed by atoms with van der Waals surface area (Å²) in [6, 6.07) is 8.07. The van der Waals surface area contributed by atoms with Crippen LogP contribution in [0, 0.1) is 5.41 Å². The summed E-state index contributed by atoms with van der Waals surface area (Å²) in [5, 5.41) is 10.8. The molecule has 1 aliphatic heterocycles. The molecule has 3 rings (SSSR count). The lowest BCUT2D eigenvalue weighted by Crippen LogP contribution is -2.54. The molecular formula is C14H20N2O. The predicted molar refractivity (Wildman–Crippen MR) is 67.4 cm³/mol. The standard InChI is InChI=1S/C14H20N2O/c1-16-8-6-13(7-9-16)10-11-4-2-3-5-12(11)14(13,15)17/h2-5,17H,6-10,15H2,1H3/t14-/m0/s1. The molecule has 17 heavy (non-hydrogen) atoms. The van der Waals surface area contributed by atoms with Crippen molar-refractivity contribution in [1.82, 2.24) is 4.90 Å². The zero-order chi connectivity index (χ0) is 12.1. The molecular weight excluding hydrogens is 212 g/mol. The van der Waals surface area contributed by atoms with Crippen LogP contribution in [-0.2, 0) is 12.1 Å². The maximum atomic E-state index is 10.8. The largest absolute Gasteiger partial charge is 0.371 e. The lowest BCUT2D eigenvalue weighted by molar-refractivity contribution is -0.101. The number of hydrogen-bond acceptors (Lipinski definition) is 3. The highest BCUT2D eigenvalue weighted by Crippen LogP contribution is 2.52. The van der Waals surface area contributed by atoms with Gasteiger partial charge in [0, 0.05) is 11.0 Å². The molecule has 1 heterocycles. The molecule has 3 N–H and O–H groups in total. The highest BCUT2D eigenvalue weighted by molar-refractivity contribution is 5.40. The van der Waals surface area contributed by atoms with E-state index in [2.05, 4.69) is 18.0 Å². The van der Waals surface area contributed by atoms with Gasteiger partial charge >= 0.3 is 0 Å². The Bertz CT molecular complexity index is 434. The van der Waals surface area contributed by atoms with Crippen LogP contribution in [0.5, 0.6) is 0 Å². The second kappa shape index (κ2) is 3.55. The van der Waals surface area contributed by atoms with Gasteiger partial charge in [0.15, 0.2) is 0 Å². The van der Waals surface area contributed by atoms with Gasteiger partial charge in [-0.2, -0.15) is 0 Å². The maximum absolute atomic E-state index is 10.8. The van der Waals surface area contributed by atoms with Gasteiger partial charge in [-0.05, 0) is 45.0 Å². The van der Waals surface area contributed by atoms with Crippen LogP contribution in [0.3, 0.4) is 0 Å². The summed E-state index contributed by atoms with van der Waals surface area (Å²) in [6.45, 7) is 2.04. The summed E-state index contributed by atoms with van der Waals surface area (Å²) in [7, 11) is 2.13. The monoisotopic (exact) mass is 232 g/mol. The fourth-order valence-electron chi connectivity index (χ4n) is 3.44. The first-order valence-corrected chi connectivity index (χ1v) is 6.33. The first-order valence-electron chi connectivity index (χ1n) is 6.33. The third-order valence-corrected chi connectivity index (χ3v) is 4.71. The van der Waals surface area contributed by atoms with Crippen molar-refractivity contribution < 1.29 is 5.11 Å². The Morgan fingerprint density at radius 3 is 2.53 bits per heavy atom. The van der Waals surface area contributed by atoms with Gasteiger partial charge < -0.3 is 10.0 Å². The van der Waals surface area contributed by atoms with Gasteiger partial charge in [-0.15, -0.1) is 0 Å². The molecule has 0 unspecified atom stereocenters. The lowest BCUT2D eigenvalue weighted by Gasteiger charge is -2.45. The van der Waals surface area contributed by atoms with E-state index in [4.69, 9.17) is 5.73 Å². The number of rotatable bonds is 0. The minimum atomic E-state index is -1.15. The van der Waals surface area contributed by atoms with Gasteiger partial charge in [-0.25, -0.2) is 0 Å². The Balaban J connectivity index is 2.01. The van der Waals surface area contributed by atoms with E-state index in [-0.39, 0.29) is 5.41 Å². The van der Waals surface area contributed by atoms with E-state index in [1.165, 1.54) is 5.56 Å². The van der Waals surface area contributed by atoms with Crippen LogP contribution in [0.15, 0.2) is 24.3 Å². The Morgan fingerprint density at radius 2 is 1.88 bits per heavy atom. The van der Waals surface area contributed by atoms with Crippen LogP contribution in [-0.4, -0.2) is 30.1 Å². The third-order valence-electron chi connectivity index (χ3n) is 4.71. The SMILES string of the molecule is CN1CCC2(CC1)Cc1ccccc1[C@]2(N)O. The minimum Gasteiger partial charge on any atom is -0.371 e. The molecule has 0 radical (unpaired) electrons. The smallest absolute Gasteiger partial charge is 0.145 e. The van der Waals surface area contributed by atoms with Crippen LogP contribution in [0.1, 0.15) is 24.0 Å². The summed E-state index contributed by atoms with van der Waals surface area (Å²) in [5.74, 6) is 0. The molecule has 1 aliphatic carbocycles. The van der Waals surface area contributed by atoms with Gasteiger partial charge in [0.05, 0.1) is 0 Å². The zero-order valence-electron chi connectivity index (χ0n) is 10.3. The van der Waals surface area contributed by atoms with Crippen LogP contribution in [0.25, 0.3) is 0 Å². The zero-order valence-corrected chi connectivity index (χ0v) is 10.3. The molecule has 0 amide bonds. The number of benzene rings is 1. The molecule has 0 saturated carbocycles. The molecule has 1 spiro atoms. The van der Waals surface area contributed by atoms with E-state index in [1.807, 2.05) is 18.2 Å². The second-order valence-electron chi connectivity index (χ2n) is 5.68. The normalized spacial score (nSPS) is 31.7. The molecule has 1 saturated heterocycles. The number of likely N-dealkylation sites (tertiary alicyclic amines) is 1. The highest BCUT2D eigenvalue weighted by Gasteiger charge is 2.55. The topological polar surface area (TPSA) is 49.5 Å². The summed E-state index contributed by atoms with van der Waals surface area (Å²) >= 11 is 0. The molecule has 3 nitrogen and oxygen atoms in total. The van der Waals surface area contributed by atoms with Crippen molar-refractivity contribution in [3.8, 4) is 0 Å². The molecule has 1 aromatic rings. The van der Waals surface area contributed by atoms with E-state index in [0.29, 0.717) is 0 Å². The molecule has 2 aliphatic rings. The van der Waals surface area contributed by atoms with Crippen molar-refractivity contribution in [3.05, 3.63) is 35.4 Å². The Kier molecular flexibility index (Phi) is 2.34. The van der Waals surface area contributed by atoms with Crippen molar-refractivity contribution in [3.63, 3.8) is 0 Å². The van der Waals surface area contributed by atoms with E-state index in [1.54, 1.807) is 0 Å². The third kappa shape index (κ3) is 1.46. The van der Waals surface area contributed by atoms with E-state index in [9.17, 15) is 5.11 Å². The van der Waals surface area contributed by atoms with E-state index >= 15 is 0 Å². The summed E-state index contributed by atoms with van der Waals surface area (Å²) in [6.07, 6.45) is 2.88. The van der Waals surface area contributed by atoms with Crippen molar-refractivity contribution >= 4 is 0 Å². The van der Waals surface area contributed by atoms with Gasteiger partial charge in [0.1, 0.15) is 5.72 Å². The van der Waals surface area contributed by atoms with Crippen molar-refractivity contribution in [2.45, 2.75) is 25.0 Å². The second-order valence-corrected chi connectivity index (χ2v) is 5.68. The molecule has 1 aromatic carbocycles. The maximum Gasteiger partial charge on any atom is 0.145 e. The molecule has 1 fully saturated rings. The molecule has 0 bridgehead atoms. The van der Waals surface area contributed by atoms with Crippen LogP contribution >= 0.6 is 0 Å². The Labute approximate surface area is 102 Å². The number of nitrogens with zero attached hydrogens (tertiary/aromatic N) is 1. The molecule has 92 valence electrons. The molecule has 3 heteroatoms. The van der Waals surface area contributed by atoms with Crippen molar-refractivity contribution in [1.29, 1.82) is 0 Å². The van der Waals surface area contributed by atoms with Crippen LogP contribution in [0.2, 0.25) is 0 Å². The lowest BCUT2D eigenvalue weighted by atomic mass is 9.71. The number of piperidine rings is 1. The molecule has 0 aromatic heterocycles. The van der Waals surface area contributed by atoms with Crippen LogP contribution < -0.4 is 5.73 Å². The summed E-state index contributed by atoms with van der Waals surface area (Å²) in [5.41, 5.74) is 7.14. The van der Waals surface area contributed by atoms with Gasteiger partial charge in [0.2, 0.25) is 0 Å².